The molecular weight excluding hydrogens is 240 g/mol. The first-order valence-electron chi connectivity index (χ1n) is 6.67. The Hall–Kier alpha value is -1.88. The standard InChI is InChI=1S/C14H20N4O/c1-3-9-19-12-8-6-5-7-11(12)13(15-4-2)14-16-10-17-18-14/h5-8,10,13,15H,3-4,9H2,1-2H3,(H,16,17,18). The highest BCUT2D eigenvalue weighted by molar-refractivity contribution is 5.38. The number of hydrogen-bond acceptors (Lipinski definition) is 4. The first kappa shape index (κ1) is 13.5. The monoisotopic (exact) mass is 260 g/mol. The van der Waals surface area contributed by atoms with E-state index in [4.69, 9.17) is 4.74 Å². The second-order valence-electron chi connectivity index (χ2n) is 4.25. The molecule has 0 saturated heterocycles. The van der Waals surface area contributed by atoms with E-state index in [9.17, 15) is 0 Å². The van der Waals surface area contributed by atoms with E-state index in [1.54, 1.807) is 0 Å². The van der Waals surface area contributed by atoms with Crippen LogP contribution in [0.5, 0.6) is 5.75 Å². The molecule has 1 heterocycles. The smallest absolute Gasteiger partial charge is 0.146 e. The van der Waals surface area contributed by atoms with E-state index in [1.165, 1.54) is 6.33 Å². The summed E-state index contributed by atoms with van der Waals surface area (Å²) < 4.78 is 5.81. The van der Waals surface area contributed by atoms with Gasteiger partial charge in [-0.3, -0.25) is 5.10 Å². The zero-order chi connectivity index (χ0) is 13.5. The van der Waals surface area contributed by atoms with Crippen molar-refractivity contribution in [3.63, 3.8) is 0 Å². The number of hydrogen-bond donors (Lipinski definition) is 2. The molecule has 2 N–H and O–H groups in total. The number of aromatic nitrogens is 3. The number of H-pyrrole nitrogens is 1. The maximum atomic E-state index is 5.81. The number of rotatable bonds is 7. The molecule has 0 bridgehead atoms. The first-order chi connectivity index (χ1) is 9.36. The number of ether oxygens (including phenoxy) is 1. The van der Waals surface area contributed by atoms with Crippen molar-refractivity contribution in [1.82, 2.24) is 20.5 Å². The van der Waals surface area contributed by atoms with E-state index in [0.29, 0.717) is 6.61 Å². The predicted molar refractivity (Wildman–Crippen MR) is 74.1 cm³/mol. The molecule has 5 heteroatoms. The minimum Gasteiger partial charge on any atom is -0.493 e. The van der Waals surface area contributed by atoms with E-state index >= 15 is 0 Å². The second kappa shape index (κ2) is 6.89. The summed E-state index contributed by atoms with van der Waals surface area (Å²) in [5.74, 6) is 1.70. The van der Waals surface area contributed by atoms with Gasteiger partial charge in [0.15, 0.2) is 0 Å². The normalized spacial score (nSPS) is 12.3. The topological polar surface area (TPSA) is 62.8 Å². The molecule has 0 fully saturated rings. The molecular formula is C14H20N4O. The molecule has 0 aliphatic carbocycles. The molecule has 2 aromatic rings. The molecule has 0 saturated carbocycles. The molecule has 1 atom stereocenters. The van der Waals surface area contributed by atoms with Gasteiger partial charge in [0.2, 0.25) is 0 Å². The molecule has 5 nitrogen and oxygen atoms in total. The van der Waals surface area contributed by atoms with Crippen LogP contribution in [-0.2, 0) is 0 Å². The van der Waals surface area contributed by atoms with E-state index in [-0.39, 0.29) is 6.04 Å². The van der Waals surface area contributed by atoms with E-state index in [1.807, 2.05) is 18.2 Å². The summed E-state index contributed by atoms with van der Waals surface area (Å²) in [6.45, 7) is 5.72. The highest BCUT2D eigenvalue weighted by Crippen LogP contribution is 2.28. The fourth-order valence-electron chi connectivity index (χ4n) is 1.97. The third kappa shape index (κ3) is 3.32. The van der Waals surface area contributed by atoms with Crippen molar-refractivity contribution in [3.8, 4) is 5.75 Å². The molecule has 102 valence electrons. The average molecular weight is 260 g/mol. The second-order valence-corrected chi connectivity index (χ2v) is 4.25. The van der Waals surface area contributed by atoms with Gasteiger partial charge in [0.1, 0.15) is 17.9 Å². The lowest BCUT2D eigenvalue weighted by Crippen LogP contribution is -2.23. The van der Waals surface area contributed by atoms with Gasteiger partial charge in [-0.15, -0.1) is 0 Å². The fourth-order valence-corrected chi connectivity index (χ4v) is 1.97. The van der Waals surface area contributed by atoms with Crippen molar-refractivity contribution < 1.29 is 4.74 Å². The van der Waals surface area contributed by atoms with Crippen LogP contribution in [-0.4, -0.2) is 28.3 Å². The molecule has 1 aromatic carbocycles. The lowest BCUT2D eigenvalue weighted by Gasteiger charge is -2.19. The van der Waals surface area contributed by atoms with Gasteiger partial charge in [-0.05, 0) is 19.0 Å². The Kier molecular flexibility index (Phi) is 4.92. The highest BCUT2D eigenvalue weighted by Gasteiger charge is 2.19. The quantitative estimate of drug-likeness (QED) is 0.801. The first-order valence-corrected chi connectivity index (χ1v) is 6.67. The predicted octanol–water partition coefficient (Wildman–Crippen LogP) is 2.29. The van der Waals surface area contributed by atoms with E-state index < -0.39 is 0 Å². The molecule has 1 aromatic heterocycles. The van der Waals surface area contributed by atoms with Crippen molar-refractivity contribution in [2.24, 2.45) is 0 Å². The van der Waals surface area contributed by atoms with Gasteiger partial charge in [-0.1, -0.05) is 32.0 Å². The molecule has 2 rings (SSSR count). The van der Waals surface area contributed by atoms with E-state index in [2.05, 4.69) is 40.4 Å². The zero-order valence-electron chi connectivity index (χ0n) is 11.4. The average Bonchev–Trinajstić information content (AvgIpc) is 2.97. The van der Waals surface area contributed by atoms with Gasteiger partial charge in [0.05, 0.1) is 12.6 Å². The molecule has 0 aliphatic rings. The SMILES string of the molecule is CCCOc1ccccc1C(NCC)c1ncn[nH]1. The molecule has 0 spiro atoms. The van der Waals surface area contributed by atoms with Crippen LogP contribution in [0.4, 0.5) is 0 Å². The largest absolute Gasteiger partial charge is 0.493 e. The van der Waals surface area contributed by atoms with Gasteiger partial charge in [0.25, 0.3) is 0 Å². The molecule has 0 radical (unpaired) electrons. The van der Waals surface area contributed by atoms with Gasteiger partial charge in [-0.2, -0.15) is 5.10 Å². The third-order valence-corrected chi connectivity index (χ3v) is 2.81. The van der Waals surface area contributed by atoms with Crippen molar-refractivity contribution in [2.75, 3.05) is 13.2 Å². The lowest BCUT2D eigenvalue weighted by atomic mass is 10.1. The van der Waals surface area contributed by atoms with Crippen LogP contribution in [0.3, 0.4) is 0 Å². The Labute approximate surface area is 113 Å². The van der Waals surface area contributed by atoms with Crippen molar-refractivity contribution in [3.05, 3.63) is 42.0 Å². The molecule has 0 aliphatic heterocycles. The van der Waals surface area contributed by atoms with Crippen LogP contribution in [0.15, 0.2) is 30.6 Å². The van der Waals surface area contributed by atoms with Gasteiger partial charge < -0.3 is 10.1 Å². The summed E-state index contributed by atoms with van der Waals surface area (Å²) in [5.41, 5.74) is 1.08. The third-order valence-electron chi connectivity index (χ3n) is 2.81. The van der Waals surface area contributed by atoms with Crippen LogP contribution in [0.25, 0.3) is 0 Å². The number of para-hydroxylation sites is 1. The summed E-state index contributed by atoms with van der Waals surface area (Å²) in [6.07, 6.45) is 2.51. The van der Waals surface area contributed by atoms with Crippen molar-refractivity contribution >= 4 is 0 Å². The number of nitrogens with zero attached hydrogens (tertiary/aromatic N) is 2. The Morgan fingerprint density at radius 2 is 2.16 bits per heavy atom. The number of aromatic amines is 1. The summed E-state index contributed by atoms with van der Waals surface area (Å²) >= 11 is 0. The van der Waals surface area contributed by atoms with Gasteiger partial charge in [0, 0.05) is 5.56 Å². The van der Waals surface area contributed by atoms with Gasteiger partial charge in [-0.25, -0.2) is 4.98 Å². The maximum Gasteiger partial charge on any atom is 0.146 e. The Morgan fingerprint density at radius 1 is 1.32 bits per heavy atom. The lowest BCUT2D eigenvalue weighted by molar-refractivity contribution is 0.311. The summed E-state index contributed by atoms with van der Waals surface area (Å²) in [7, 11) is 0. The van der Waals surface area contributed by atoms with Crippen LogP contribution in [0, 0.1) is 0 Å². The Balaban J connectivity index is 2.30. The van der Waals surface area contributed by atoms with Crippen LogP contribution >= 0.6 is 0 Å². The van der Waals surface area contributed by atoms with E-state index in [0.717, 1.165) is 30.1 Å². The van der Waals surface area contributed by atoms with Gasteiger partial charge >= 0.3 is 0 Å². The van der Waals surface area contributed by atoms with Crippen LogP contribution in [0.2, 0.25) is 0 Å². The number of benzene rings is 1. The maximum absolute atomic E-state index is 5.81. The zero-order valence-corrected chi connectivity index (χ0v) is 11.4. The Bertz CT molecular complexity index is 484. The summed E-state index contributed by atoms with van der Waals surface area (Å²) in [4.78, 5) is 4.25. The molecule has 0 amide bonds. The molecule has 1 unspecified atom stereocenters. The van der Waals surface area contributed by atoms with Crippen LogP contribution < -0.4 is 10.1 Å². The molecule has 19 heavy (non-hydrogen) atoms. The fraction of sp³-hybridized carbons (Fsp3) is 0.429. The highest BCUT2D eigenvalue weighted by atomic mass is 16.5. The Morgan fingerprint density at radius 3 is 2.84 bits per heavy atom. The minimum absolute atomic E-state index is 0.0273. The van der Waals surface area contributed by atoms with Crippen molar-refractivity contribution in [1.29, 1.82) is 0 Å². The summed E-state index contributed by atoms with van der Waals surface area (Å²) in [6, 6.07) is 8.01. The van der Waals surface area contributed by atoms with Crippen molar-refractivity contribution in [2.45, 2.75) is 26.3 Å². The minimum atomic E-state index is -0.0273. The van der Waals surface area contributed by atoms with Crippen LogP contribution in [0.1, 0.15) is 37.7 Å². The summed E-state index contributed by atoms with van der Waals surface area (Å²) in [5, 5.41) is 10.3. The number of nitrogens with one attached hydrogen (secondary N) is 2.